The predicted molar refractivity (Wildman–Crippen MR) is 108 cm³/mol. The van der Waals surface area contributed by atoms with Gasteiger partial charge in [-0.15, -0.1) is 0 Å². The van der Waals surface area contributed by atoms with Gasteiger partial charge in [0.2, 0.25) is 5.91 Å². The second-order valence-corrected chi connectivity index (χ2v) is 7.18. The fourth-order valence-corrected chi connectivity index (χ4v) is 3.55. The molecule has 0 saturated carbocycles. The van der Waals surface area contributed by atoms with Gasteiger partial charge < -0.3 is 5.73 Å². The average Bonchev–Trinajstić information content (AvgIpc) is 2.93. The molecule has 0 bridgehead atoms. The molecule has 3 rings (SSSR count). The zero-order valence-corrected chi connectivity index (χ0v) is 16.1. The van der Waals surface area contributed by atoms with Gasteiger partial charge in [-0.2, -0.15) is 5.26 Å². The van der Waals surface area contributed by atoms with Crippen molar-refractivity contribution in [2.24, 2.45) is 5.73 Å². The summed E-state index contributed by atoms with van der Waals surface area (Å²) in [4.78, 5) is 26.8. The Bertz CT molecular complexity index is 936. The van der Waals surface area contributed by atoms with Gasteiger partial charge in [-0.3, -0.25) is 24.7 Å². The second kappa shape index (κ2) is 9.28. The van der Waals surface area contributed by atoms with Gasteiger partial charge in [0.05, 0.1) is 16.6 Å². The van der Waals surface area contributed by atoms with Gasteiger partial charge in [-0.25, -0.2) is 0 Å². The molecule has 0 radical (unpaired) electrons. The summed E-state index contributed by atoms with van der Waals surface area (Å²) >= 11 is 0. The van der Waals surface area contributed by atoms with Crippen LogP contribution in [0.4, 0.5) is 5.69 Å². The molecule has 2 aromatic rings. The van der Waals surface area contributed by atoms with E-state index in [2.05, 4.69) is 15.9 Å². The van der Waals surface area contributed by atoms with Crippen LogP contribution in [-0.4, -0.2) is 46.8 Å². The van der Waals surface area contributed by atoms with Crippen LogP contribution in [0.25, 0.3) is 0 Å². The number of nitro benzene ring substituents is 1. The van der Waals surface area contributed by atoms with Crippen molar-refractivity contribution in [2.45, 2.75) is 19.5 Å². The molecule has 8 nitrogen and oxygen atoms in total. The first-order valence-electron chi connectivity index (χ1n) is 9.47. The van der Waals surface area contributed by atoms with Gasteiger partial charge in [0.1, 0.15) is 0 Å². The molecule has 1 fully saturated rings. The van der Waals surface area contributed by atoms with Crippen molar-refractivity contribution >= 4 is 11.6 Å². The van der Waals surface area contributed by atoms with Crippen molar-refractivity contribution in [1.29, 1.82) is 5.26 Å². The molecular formula is C21H23N5O3. The number of nitrogens with zero attached hydrogens (tertiary/aromatic N) is 4. The first kappa shape index (κ1) is 20.5. The number of primary amides is 1. The monoisotopic (exact) mass is 393 g/mol. The van der Waals surface area contributed by atoms with E-state index < -0.39 is 10.8 Å². The van der Waals surface area contributed by atoms with Gasteiger partial charge in [0, 0.05) is 43.4 Å². The predicted octanol–water partition coefficient (Wildman–Crippen LogP) is 2.27. The molecule has 0 aromatic heterocycles. The number of nitrogens with two attached hydrogens (primary N) is 1. The van der Waals surface area contributed by atoms with E-state index in [1.807, 2.05) is 24.3 Å². The van der Waals surface area contributed by atoms with E-state index in [9.17, 15) is 14.9 Å². The third-order valence-electron chi connectivity index (χ3n) is 5.13. The van der Waals surface area contributed by atoms with E-state index in [0.717, 1.165) is 44.7 Å². The maximum absolute atomic E-state index is 11.4. The second-order valence-electron chi connectivity index (χ2n) is 7.18. The van der Waals surface area contributed by atoms with Crippen LogP contribution in [0.1, 0.15) is 33.5 Å². The lowest BCUT2D eigenvalue weighted by Crippen LogP contribution is -2.30. The lowest BCUT2D eigenvalue weighted by molar-refractivity contribution is -0.385. The molecule has 0 spiro atoms. The average molecular weight is 393 g/mol. The number of carbonyl (C=O) groups excluding carboxylic acids is 1. The Morgan fingerprint density at radius 3 is 2.31 bits per heavy atom. The summed E-state index contributed by atoms with van der Waals surface area (Å²) in [5.74, 6) is -0.673. The Hall–Kier alpha value is -3.28. The quantitative estimate of drug-likeness (QED) is 0.594. The van der Waals surface area contributed by atoms with Crippen molar-refractivity contribution in [2.75, 3.05) is 26.2 Å². The van der Waals surface area contributed by atoms with Crippen LogP contribution in [0.15, 0.2) is 42.5 Å². The molecule has 2 N–H and O–H groups in total. The standard InChI is InChI=1S/C21H23N5O3/c22-13-16-2-4-17(5-3-16)14-24-8-1-9-25(11-10-24)15-19-7-6-18(21(23)27)12-20(19)26(28)29/h2-7,12H,1,8-11,14-15H2,(H2,23,27). The van der Waals surface area contributed by atoms with Crippen LogP contribution in [0.3, 0.4) is 0 Å². The van der Waals surface area contributed by atoms with E-state index in [4.69, 9.17) is 11.0 Å². The normalized spacial score (nSPS) is 15.4. The van der Waals surface area contributed by atoms with E-state index in [1.54, 1.807) is 12.1 Å². The SMILES string of the molecule is N#Cc1ccc(CN2CCCN(Cc3ccc(C(N)=O)cc3[N+](=O)[O-])CC2)cc1. The van der Waals surface area contributed by atoms with E-state index >= 15 is 0 Å². The van der Waals surface area contributed by atoms with E-state index in [0.29, 0.717) is 17.7 Å². The molecule has 1 amide bonds. The van der Waals surface area contributed by atoms with Gasteiger partial charge in [-0.1, -0.05) is 18.2 Å². The summed E-state index contributed by atoms with van der Waals surface area (Å²) in [5.41, 5.74) is 7.71. The molecule has 1 saturated heterocycles. The Balaban J connectivity index is 1.63. The highest BCUT2D eigenvalue weighted by Gasteiger charge is 2.21. The largest absolute Gasteiger partial charge is 0.366 e. The summed E-state index contributed by atoms with van der Waals surface area (Å²) < 4.78 is 0. The lowest BCUT2D eigenvalue weighted by Gasteiger charge is -2.22. The zero-order valence-electron chi connectivity index (χ0n) is 16.1. The Kier molecular flexibility index (Phi) is 6.54. The van der Waals surface area contributed by atoms with Crippen molar-refractivity contribution in [1.82, 2.24) is 9.80 Å². The van der Waals surface area contributed by atoms with Crippen LogP contribution in [0.2, 0.25) is 0 Å². The number of nitro groups is 1. The van der Waals surface area contributed by atoms with E-state index in [1.165, 1.54) is 6.07 Å². The number of nitriles is 1. The molecule has 0 atom stereocenters. The number of hydrogen-bond acceptors (Lipinski definition) is 6. The highest BCUT2D eigenvalue weighted by Crippen LogP contribution is 2.23. The van der Waals surface area contributed by atoms with Crippen LogP contribution in [-0.2, 0) is 13.1 Å². The summed E-state index contributed by atoms with van der Waals surface area (Å²) in [6.07, 6.45) is 0.962. The summed E-state index contributed by atoms with van der Waals surface area (Å²) in [5, 5.41) is 20.3. The topological polar surface area (TPSA) is 117 Å². The summed E-state index contributed by atoms with van der Waals surface area (Å²) in [6, 6.07) is 14.2. The van der Waals surface area contributed by atoms with Crippen molar-refractivity contribution in [3.8, 4) is 6.07 Å². The minimum Gasteiger partial charge on any atom is -0.366 e. The molecule has 8 heteroatoms. The minimum atomic E-state index is -0.673. The highest BCUT2D eigenvalue weighted by molar-refractivity contribution is 5.93. The van der Waals surface area contributed by atoms with Crippen molar-refractivity contribution < 1.29 is 9.72 Å². The zero-order chi connectivity index (χ0) is 20.8. The lowest BCUT2D eigenvalue weighted by atomic mass is 10.1. The number of hydrogen-bond donors (Lipinski definition) is 1. The summed E-state index contributed by atoms with van der Waals surface area (Å²) in [6.45, 7) is 4.71. The molecular weight excluding hydrogens is 370 g/mol. The maximum atomic E-state index is 11.4. The number of rotatable bonds is 6. The van der Waals surface area contributed by atoms with Crippen LogP contribution in [0, 0.1) is 21.4 Å². The first-order valence-corrected chi connectivity index (χ1v) is 9.47. The minimum absolute atomic E-state index is 0.0695. The van der Waals surface area contributed by atoms with Crippen molar-refractivity contribution in [3.05, 3.63) is 74.8 Å². The van der Waals surface area contributed by atoms with Gasteiger partial charge in [-0.05, 0) is 43.3 Å². The Labute approximate surface area is 169 Å². The number of benzene rings is 2. The smallest absolute Gasteiger partial charge is 0.274 e. The van der Waals surface area contributed by atoms with Gasteiger partial charge >= 0.3 is 0 Å². The summed E-state index contributed by atoms with van der Waals surface area (Å²) in [7, 11) is 0. The van der Waals surface area contributed by atoms with Gasteiger partial charge in [0.15, 0.2) is 0 Å². The Morgan fingerprint density at radius 1 is 1.07 bits per heavy atom. The molecule has 1 aliphatic rings. The molecule has 29 heavy (non-hydrogen) atoms. The third-order valence-corrected chi connectivity index (χ3v) is 5.13. The highest BCUT2D eigenvalue weighted by atomic mass is 16.6. The molecule has 0 unspecified atom stereocenters. The third kappa shape index (κ3) is 5.38. The molecule has 1 aliphatic heterocycles. The fourth-order valence-electron chi connectivity index (χ4n) is 3.55. The maximum Gasteiger partial charge on any atom is 0.274 e. The molecule has 150 valence electrons. The number of carbonyl (C=O) groups is 1. The van der Waals surface area contributed by atoms with Gasteiger partial charge in [0.25, 0.3) is 5.69 Å². The van der Waals surface area contributed by atoms with Crippen molar-refractivity contribution in [3.63, 3.8) is 0 Å². The van der Waals surface area contributed by atoms with Crippen LogP contribution >= 0.6 is 0 Å². The van der Waals surface area contributed by atoms with Crippen LogP contribution in [0.5, 0.6) is 0 Å². The first-order chi connectivity index (χ1) is 14.0. The van der Waals surface area contributed by atoms with Crippen LogP contribution < -0.4 is 5.73 Å². The number of amides is 1. The molecule has 1 heterocycles. The molecule has 0 aliphatic carbocycles. The Morgan fingerprint density at radius 2 is 1.72 bits per heavy atom. The molecule has 2 aromatic carbocycles. The van der Waals surface area contributed by atoms with E-state index in [-0.39, 0.29) is 11.3 Å². The fraction of sp³-hybridized carbons (Fsp3) is 0.333.